The number of hydrogen-bond donors (Lipinski definition) is 0. The van der Waals surface area contributed by atoms with Crippen LogP contribution >= 0.6 is 0 Å². The van der Waals surface area contributed by atoms with Crippen molar-refractivity contribution in [3.63, 3.8) is 0 Å². The Labute approximate surface area is 153 Å². The van der Waals surface area contributed by atoms with Crippen molar-refractivity contribution in [2.45, 2.75) is 53.4 Å². The molecule has 4 rings (SSSR count). The van der Waals surface area contributed by atoms with Gasteiger partial charge in [0.05, 0.1) is 0 Å². The molecule has 132 valence electrons. The number of nitrogens with zero attached hydrogens (tertiary/aromatic N) is 1. The Morgan fingerprint density at radius 1 is 0.960 bits per heavy atom. The van der Waals surface area contributed by atoms with Crippen LogP contribution in [0.2, 0.25) is 0 Å². The lowest BCUT2D eigenvalue weighted by atomic mass is 9.83. The first kappa shape index (κ1) is 17.8. The second-order valence-corrected chi connectivity index (χ2v) is 7.02. The monoisotopic (exact) mass is 333 g/mol. The van der Waals surface area contributed by atoms with Crippen LogP contribution < -0.4 is 4.90 Å². The Morgan fingerprint density at radius 3 is 2.36 bits per heavy atom. The van der Waals surface area contributed by atoms with E-state index in [9.17, 15) is 0 Å². The highest BCUT2D eigenvalue weighted by molar-refractivity contribution is 5.84. The van der Waals surface area contributed by atoms with Crippen LogP contribution in [0.25, 0.3) is 5.57 Å². The molecule has 25 heavy (non-hydrogen) atoms. The molecule has 0 radical (unpaired) electrons. The molecule has 0 saturated heterocycles. The van der Waals surface area contributed by atoms with Crippen LogP contribution in [0.3, 0.4) is 0 Å². The fourth-order valence-corrected chi connectivity index (χ4v) is 4.39. The molecular weight excluding hydrogens is 302 g/mol. The third kappa shape index (κ3) is 3.13. The van der Waals surface area contributed by atoms with Crippen LogP contribution in [0.4, 0.5) is 5.69 Å². The first-order valence-electron chi connectivity index (χ1n) is 9.82. The highest BCUT2D eigenvalue weighted by atomic mass is 15.1. The molecule has 0 saturated carbocycles. The molecule has 2 aliphatic rings. The maximum atomic E-state index is 4.46. The maximum Gasteiger partial charge on any atom is 0.0434 e. The molecule has 2 aromatic rings. The Hall–Kier alpha value is -2.02. The van der Waals surface area contributed by atoms with Gasteiger partial charge in [0.2, 0.25) is 0 Å². The minimum absolute atomic E-state index is 1.18. The molecule has 0 atom stereocenters. The summed E-state index contributed by atoms with van der Waals surface area (Å²) < 4.78 is 0. The smallest absolute Gasteiger partial charge is 0.0434 e. The third-order valence-corrected chi connectivity index (χ3v) is 5.61. The summed E-state index contributed by atoms with van der Waals surface area (Å²) in [7, 11) is 0. The van der Waals surface area contributed by atoms with Crippen molar-refractivity contribution in [2.75, 3.05) is 18.0 Å². The highest BCUT2D eigenvalue weighted by Gasteiger charge is 2.27. The summed E-state index contributed by atoms with van der Waals surface area (Å²) in [4.78, 5) is 2.62. The molecule has 0 unspecified atom stereocenters. The summed E-state index contributed by atoms with van der Waals surface area (Å²) in [5.41, 5.74) is 11.3. The largest absolute Gasteiger partial charge is 0.371 e. The minimum atomic E-state index is 1.18. The SMILES string of the molecule is C=C(c1ccccc1C)c1cc2c3c(c1C)CCCN3CCC2.CC. The van der Waals surface area contributed by atoms with E-state index in [1.807, 2.05) is 13.8 Å². The fourth-order valence-electron chi connectivity index (χ4n) is 4.39. The lowest BCUT2D eigenvalue weighted by molar-refractivity contribution is 0.632. The van der Waals surface area contributed by atoms with E-state index in [-0.39, 0.29) is 0 Å². The normalized spacial score (nSPS) is 15.1. The molecule has 0 aromatic heterocycles. The second-order valence-electron chi connectivity index (χ2n) is 7.02. The van der Waals surface area contributed by atoms with Gasteiger partial charge in [0.1, 0.15) is 0 Å². The molecule has 1 heteroatoms. The van der Waals surface area contributed by atoms with Gasteiger partial charge in [-0.15, -0.1) is 0 Å². The minimum Gasteiger partial charge on any atom is -0.371 e. The number of anilines is 1. The van der Waals surface area contributed by atoms with E-state index in [0.717, 1.165) is 0 Å². The summed E-state index contributed by atoms with van der Waals surface area (Å²) in [6.07, 6.45) is 5.01. The Kier molecular flexibility index (Phi) is 5.32. The maximum absolute atomic E-state index is 4.46. The van der Waals surface area contributed by atoms with Crippen LogP contribution in [-0.2, 0) is 12.8 Å². The quantitative estimate of drug-likeness (QED) is 0.643. The van der Waals surface area contributed by atoms with Crippen molar-refractivity contribution < 1.29 is 0 Å². The molecule has 0 aliphatic carbocycles. The zero-order valence-corrected chi connectivity index (χ0v) is 16.3. The Balaban J connectivity index is 0.000000880. The molecule has 0 fully saturated rings. The van der Waals surface area contributed by atoms with Gasteiger partial charge in [0.25, 0.3) is 0 Å². The number of aryl methyl sites for hydroxylation is 2. The van der Waals surface area contributed by atoms with Crippen LogP contribution in [-0.4, -0.2) is 13.1 Å². The number of rotatable bonds is 2. The molecule has 0 N–H and O–H groups in total. The molecule has 0 spiro atoms. The van der Waals surface area contributed by atoms with Gasteiger partial charge in [0, 0.05) is 18.8 Å². The summed E-state index contributed by atoms with van der Waals surface area (Å²) in [5.74, 6) is 0. The predicted octanol–water partition coefficient (Wildman–Crippen LogP) is 6.09. The lowest BCUT2D eigenvalue weighted by Crippen LogP contribution is -2.35. The summed E-state index contributed by atoms with van der Waals surface area (Å²) in [5, 5.41) is 0. The van der Waals surface area contributed by atoms with E-state index in [1.54, 1.807) is 16.8 Å². The van der Waals surface area contributed by atoms with Gasteiger partial charge in [-0.05, 0) is 84.6 Å². The Bertz CT molecular complexity index is 783. The standard InChI is InChI=1S/C22H25N.C2H6/c1-15-8-4-5-10-19(15)16(2)21-14-18-9-6-12-23-13-7-11-20(17(21)3)22(18)23;1-2/h4-5,8,10,14H,2,6-7,9,11-13H2,1,3H3;1-2H3. The van der Waals surface area contributed by atoms with Crippen molar-refractivity contribution in [2.24, 2.45) is 0 Å². The summed E-state index contributed by atoms with van der Waals surface area (Å²) in [6.45, 7) is 15.4. The van der Waals surface area contributed by atoms with Gasteiger partial charge in [-0.1, -0.05) is 44.7 Å². The zero-order valence-electron chi connectivity index (χ0n) is 16.3. The van der Waals surface area contributed by atoms with Gasteiger partial charge >= 0.3 is 0 Å². The van der Waals surface area contributed by atoms with Crippen molar-refractivity contribution in [3.8, 4) is 0 Å². The predicted molar refractivity (Wildman–Crippen MR) is 111 cm³/mol. The summed E-state index contributed by atoms with van der Waals surface area (Å²) >= 11 is 0. The van der Waals surface area contributed by atoms with Gasteiger partial charge in [0.15, 0.2) is 0 Å². The molecule has 0 bridgehead atoms. The van der Waals surface area contributed by atoms with E-state index in [2.05, 4.69) is 55.7 Å². The van der Waals surface area contributed by atoms with E-state index >= 15 is 0 Å². The van der Waals surface area contributed by atoms with Crippen LogP contribution in [0, 0.1) is 13.8 Å². The molecule has 2 heterocycles. The topological polar surface area (TPSA) is 3.24 Å². The summed E-state index contributed by atoms with van der Waals surface area (Å²) in [6, 6.07) is 11.0. The molecule has 2 aromatic carbocycles. The first-order valence-corrected chi connectivity index (χ1v) is 9.82. The third-order valence-electron chi connectivity index (χ3n) is 5.61. The van der Waals surface area contributed by atoms with Gasteiger partial charge in [-0.3, -0.25) is 0 Å². The van der Waals surface area contributed by atoms with E-state index in [4.69, 9.17) is 0 Å². The number of hydrogen-bond acceptors (Lipinski definition) is 1. The van der Waals surface area contributed by atoms with Crippen molar-refractivity contribution in [3.05, 3.63) is 70.3 Å². The van der Waals surface area contributed by atoms with E-state index in [0.29, 0.717) is 0 Å². The van der Waals surface area contributed by atoms with E-state index in [1.165, 1.54) is 66.6 Å². The van der Waals surface area contributed by atoms with Crippen molar-refractivity contribution in [1.82, 2.24) is 0 Å². The zero-order chi connectivity index (χ0) is 18.0. The van der Waals surface area contributed by atoms with Crippen LogP contribution in [0.15, 0.2) is 36.9 Å². The van der Waals surface area contributed by atoms with Gasteiger partial charge in [-0.2, -0.15) is 0 Å². The average molecular weight is 334 g/mol. The van der Waals surface area contributed by atoms with Crippen molar-refractivity contribution >= 4 is 11.3 Å². The Morgan fingerprint density at radius 2 is 1.64 bits per heavy atom. The van der Waals surface area contributed by atoms with Gasteiger partial charge in [-0.25, -0.2) is 0 Å². The van der Waals surface area contributed by atoms with Crippen LogP contribution in [0.5, 0.6) is 0 Å². The second kappa shape index (κ2) is 7.47. The molecule has 1 nitrogen and oxygen atoms in total. The number of benzene rings is 2. The molecule has 2 aliphatic heterocycles. The van der Waals surface area contributed by atoms with Gasteiger partial charge < -0.3 is 4.90 Å². The molecular formula is C24H31N. The lowest BCUT2D eigenvalue weighted by Gasteiger charge is -2.38. The molecule has 0 amide bonds. The first-order chi connectivity index (χ1) is 12.2. The van der Waals surface area contributed by atoms with Crippen LogP contribution in [0.1, 0.15) is 60.1 Å². The van der Waals surface area contributed by atoms with Crippen molar-refractivity contribution in [1.29, 1.82) is 0 Å². The average Bonchev–Trinajstić information content (AvgIpc) is 2.66. The highest BCUT2D eigenvalue weighted by Crippen LogP contribution is 2.41. The fraction of sp³-hybridized carbons (Fsp3) is 0.417. The van der Waals surface area contributed by atoms with E-state index < -0.39 is 0 Å².